The highest BCUT2D eigenvalue weighted by Crippen LogP contribution is 2.29. The number of carbonyl (C=O) groups is 1. The van der Waals surface area contributed by atoms with Crippen molar-refractivity contribution < 1.29 is 10.0 Å². The number of hydrogen-bond donors (Lipinski definition) is 3. The molecule has 0 spiro atoms. The van der Waals surface area contributed by atoms with Crippen molar-refractivity contribution in [2.45, 2.75) is 20.3 Å². The Bertz CT molecular complexity index is 522. The normalized spacial score (nSPS) is 14.8. The third-order valence-electron chi connectivity index (χ3n) is 3.06. The van der Waals surface area contributed by atoms with Crippen molar-refractivity contribution in [3.8, 4) is 0 Å². The van der Waals surface area contributed by atoms with Crippen molar-refractivity contribution in [3.05, 3.63) is 27.7 Å². The first kappa shape index (κ1) is 15.8. The Labute approximate surface area is 124 Å². The van der Waals surface area contributed by atoms with Crippen LogP contribution in [-0.2, 0) is 4.79 Å². The van der Waals surface area contributed by atoms with Gasteiger partial charge in [-0.25, -0.2) is 0 Å². The van der Waals surface area contributed by atoms with Gasteiger partial charge in [-0.3, -0.25) is 4.79 Å². The number of amides is 1. The third-order valence-corrected chi connectivity index (χ3v) is 3.87. The van der Waals surface area contributed by atoms with E-state index in [-0.39, 0.29) is 11.7 Å². The molecule has 1 atom stereocenters. The largest absolute Gasteiger partial charge is 0.409 e. The second kappa shape index (κ2) is 6.25. The topological polar surface area (TPSA) is 87.7 Å². The average Bonchev–Trinajstić information content (AvgIpc) is 2.39. The number of halogens is 2. The summed E-state index contributed by atoms with van der Waals surface area (Å²) < 4.78 is 0.810. The van der Waals surface area contributed by atoms with Gasteiger partial charge in [0.1, 0.15) is 5.41 Å². The predicted octanol–water partition coefficient (Wildman–Crippen LogP) is 3.20. The molecule has 0 saturated heterocycles. The zero-order chi connectivity index (χ0) is 14.6. The number of nitrogens with one attached hydrogen (secondary N) is 1. The summed E-state index contributed by atoms with van der Waals surface area (Å²) in [4.78, 5) is 12.2. The molecule has 0 radical (unpaired) electrons. The van der Waals surface area contributed by atoms with Crippen molar-refractivity contribution in [1.29, 1.82) is 0 Å². The Morgan fingerprint density at radius 2 is 2.26 bits per heavy atom. The molecule has 0 bridgehead atoms. The quantitative estimate of drug-likeness (QED) is 0.338. The lowest BCUT2D eigenvalue weighted by Crippen LogP contribution is -2.44. The van der Waals surface area contributed by atoms with Gasteiger partial charge in [0.2, 0.25) is 5.91 Å². The van der Waals surface area contributed by atoms with E-state index < -0.39 is 5.41 Å². The van der Waals surface area contributed by atoms with Gasteiger partial charge in [0, 0.05) is 4.47 Å². The summed E-state index contributed by atoms with van der Waals surface area (Å²) in [7, 11) is 0. The summed E-state index contributed by atoms with van der Waals surface area (Å²) in [5.41, 5.74) is 4.96. The molecule has 1 aromatic carbocycles. The van der Waals surface area contributed by atoms with Crippen LogP contribution in [0.3, 0.4) is 0 Å². The van der Waals surface area contributed by atoms with Crippen LogP contribution in [0.4, 0.5) is 5.69 Å². The first-order valence-corrected chi connectivity index (χ1v) is 6.76. The minimum atomic E-state index is -1.09. The first-order chi connectivity index (χ1) is 8.85. The summed E-state index contributed by atoms with van der Waals surface area (Å²) >= 11 is 9.31. The number of benzene rings is 1. The van der Waals surface area contributed by atoms with E-state index >= 15 is 0 Å². The zero-order valence-electron chi connectivity index (χ0n) is 10.6. The molecule has 0 aromatic heterocycles. The molecule has 1 aromatic rings. The summed E-state index contributed by atoms with van der Waals surface area (Å²) in [6, 6.07) is 5.10. The first-order valence-electron chi connectivity index (χ1n) is 5.59. The number of oxime groups is 1. The number of anilines is 1. The van der Waals surface area contributed by atoms with Gasteiger partial charge in [-0.1, -0.05) is 39.6 Å². The lowest BCUT2D eigenvalue weighted by molar-refractivity contribution is -0.121. The summed E-state index contributed by atoms with van der Waals surface area (Å²) in [5, 5.41) is 14.8. The standard InChI is InChI=1S/C12H15BrClN3O2/c1-3-12(2,10(15)17-19)11(18)16-9-5-4-7(13)6-8(9)14/h4-6,19H,3H2,1-2H3,(H2,15,17)(H,16,18). The minimum Gasteiger partial charge on any atom is -0.409 e. The Kier molecular flexibility index (Phi) is 5.20. The molecule has 0 aliphatic rings. The fourth-order valence-electron chi connectivity index (χ4n) is 1.42. The van der Waals surface area contributed by atoms with Gasteiger partial charge in [-0.05, 0) is 31.5 Å². The third kappa shape index (κ3) is 3.39. The zero-order valence-corrected chi connectivity index (χ0v) is 12.9. The van der Waals surface area contributed by atoms with Crippen molar-refractivity contribution in [2.24, 2.45) is 16.3 Å². The molecule has 0 saturated carbocycles. The van der Waals surface area contributed by atoms with Crippen LogP contribution in [0.25, 0.3) is 0 Å². The van der Waals surface area contributed by atoms with Gasteiger partial charge in [0.15, 0.2) is 5.84 Å². The molecule has 1 amide bonds. The van der Waals surface area contributed by atoms with Crippen LogP contribution in [0, 0.1) is 5.41 Å². The van der Waals surface area contributed by atoms with Crippen molar-refractivity contribution in [2.75, 3.05) is 5.32 Å². The Hall–Kier alpha value is -1.27. The van der Waals surface area contributed by atoms with Gasteiger partial charge < -0.3 is 16.3 Å². The molecule has 5 nitrogen and oxygen atoms in total. The highest BCUT2D eigenvalue weighted by atomic mass is 79.9. The Balaban J connectivity index is 3.01. The van der Waals surface area contributed by atoms with Crippen LogP contribution in [0.5, 0.6) is 0 Å². The molecule has 1 unspecified atom stereocenters. The highest BCUT2D eigenvalue weighted by molar-refractivity contribution is 9.10. The molecular formula is C12H15BrClN3O2. The molecule has 19 heavy (non-hydrogen) atoms. The minimum absolute atomic E-state index is 0.138. The second-order valence-corrected chi connectivity index (χ2v) is 5.57. The molecule has 0 fully saturated rings. The van der Waals surface area contributed by atoms with Gasteiger partial charge in [0.25, 0.3) is 0 Å². The molecule has 104 valence electrons. The van der Waals surface area contributed by atoms with Crippen molar-refractivity contribution >= 4 is 45.0 Å². The lowest BCUT2D eigenvalue weighted by atomic mass is 9.85. The van der Waals surface area contributed by atoms with E-state index in [4.69, 9.17) is 22.5 Å². The monoisotopic (exact) mass is 347 g/mol. The van der Waals surface area contributed by atoms with Crippen molar-refractivity contribution in [3.63, 3.8) is 0 Å². The number of nitrogens with zero attached hydrogens (tertiary/aromatic N) is 1. The molecular weight excluding hydrogens is 334 g/mol. The van der Waals surface area contributed by atoms with E-state index in [1.807, 2.05) is 0 Å². The van der Waals surface area contributed by atoms with Gasteiger partial charge in [-0.15, -0.1) is 0 Å². The van der Waals surface area contributed by atoms with Crippen LogP contribution in [-0.4, -0.2) is 17.0 Å². The maximum atomic E-state index is 12.2. The van der Waals surface area contributed by atoms with Crippen LogP contribution in [0.2, 0.25) is 5.02 Å². The van der Waals surface area contributed by atoms with Gasteiger partial charge >= 0.3 is 0 Å². The second-order valence-electron chi connectivity index (χ2n) is 4.25. The molecule has 1 rings (SSSR count). The fraction of sp³-hybridized carbons (Fsp3) is 0.333. The molecule has 4 N–H and O–H groups in total. The molecule has 0 aliphatic heterocycles. The molecule has 0 aliphatic carbocycles. The SMILES string of the molecule is CCC(C)(C(=O)Nc1ccc(Br)cc1Cl)/C(N)=N/O. The van der Waals surface area contributed by atoms with Gasteiger partial charge in [-0.2, -0.15) is 0 Å². The number of carbonyl (C=O) groups excluding carboxylic acids is 1. The molecule has 7 heteroatoms. The van der Waals surface area contributed by atoms with Gasteiger partial charge in [0.05, 0.1) is 10.7 Å². The van der Waals surface area contributed by atoms with E-state index in [0.717, 1.165) is 4.47 Å². The van der Waals surface area contributed by atoms with Crippen LogP contribution in [0.1, 0.15) is 20.3 Å². The average molecular weight is 349 g/mol. The maximum absolute atomic E-state index is 12.2. The maximum Gasteiger partial charge on any atom is 0.238 e. The smallest absolute Gasteiger partial charge is 0.238 e. The molecule has 0 heterocycles. The van der Waals surface area contributed by atoms with Crippen LogP contribution in [0.15, 0.2) is 27.8 Å². The fourth-order valence-corrected chi connectivity index (χ4v) is 2.14. The van der Waals surface area contributed by atoms with Crippen LogP contribution >= 0.6 is 27.5 Å². The number of hydrogen-bond acceptors (Lipinski definition) is 3. The van der Waals surface area contributed by atoms with E-state index in [0.29, 0.717) is 17.1 Å². The number of nitrogens with two attached hydrogens (primary N) is 1. The number of rotatable bonds is 4. The van der Waals surface area contributed by atoms with E-state index in [1.54, 1.807) is 32.0 Å². The Morgan fingerprint density at radius 1 is 1.63 bits per heavy atom. The highest BCUT2D eigenvalue weighted by Gasteiger charge is 2.36. The summed E-state index contributed by atoms with van der Waals surface area (Å²) in [6.07, 6.45) is 0.392. The van der Waals surface area contributed by atoms with Crippen LogP contribution < -0.4 is 11.1 Å². The van der Waals surface area contributed by atoms with Crippen molar-refractivity contribution in [1.82, 2.24) is 0 Å². The predicted molar refractivity (Wildman–Crippen MR) is 79.6 cm³/mol. The van der Waals surface area contributed by atoms with E-state index in [9.17, 15) is 4.79 Å². The summed E-state index contributed by atoms with van der Waals surface area (Å²) in [6.45, 7) is 3.38. The van der Waals surface area contributed by atoms with E-state index in [1.165, 1.54) is 0 Å². The lowest BCUT2D eigenvalue weighted by Gasteiger charge is -2.25. The number of amidine groups is 1. The van der Waals surface area contributed by atoms with E-state index in [2.05, 4.69) is 26.4 Å². The Morgan fingerprint density at radius 3 is 2.74 bits per heavy atom. The summed E-state index contributed by atoms with van der Waals surface area (Å²) in [5.74, 6) is -0.518.